The Kier molecular flexibility index (Phi) is 6.83. The summed E-state index contributed by atoms with van der Waals surface area (Å²) < 4.78 is 48.0. The van der Waals surface area contributed by atoms with Crippen LogP contribution in [-0.2, 0) is 19.2 Å². The van der Waals surface area contributed by atoms with Crippen molar-refractivity contribution >= 4 is 12.4 Å². The fraction of sp³-hybridized carbons (Fsp3) is 0.429. The topological polar surface area (TPSA) is 60.2 Å². The molecule has 0 fully saturated rings. The Bertz CT molecular complexity index is 619. The van der Waals surface area contributed by atoms with Gasteiger partial charge in [-0.15, -0.1) is 12.4 Å². The van der Waals surface area contributed by atoms with Gasteiger partial charge in [0.25, 0.3) is 5.89 Å². The van der Waals surface area contributed by atoms with Crippen LogP contribution < -0.4 is 10.1 Å². The van der Waals surface area contributed by atoms with Crippen molar-refractivity contribution < 1.29 is 22.4 Å². The molecule has 2 rings (SSSR count). The first-order valence-corrected chi connectivity index (χ1v) is 6.67. The maximum Gasteiger partial charge on any atom is 0.416 e. The molecule has 0 aliphatic rings. The van der Waals surface area contributed by atoms with Gasteiger partial charge in [-0.1, -0.05) is 11.2 Å². The van der Waals surface area contributed by atoms with Gasteiger partial charge in [-0.05, 0) is 32.2 Å². The van der Waals surface area contributed by atoms with Crippen LogP contribution >= 0.6 is 12.4 Å². The van der Waals surface area contributed by atoms with Crippen molar-refractivity contribution in [3.63, 3.8) is 0 Å². The molecule has 0 radical (unpaired) electrons. The molecule has 0 saturated carbocycles. The lowest BCUT2D eigenvalue weighted by Crippen LogP contribution is -2.24. The van der Waals surface area contributed by atoms with Gasteiger partial charge in [0.2, 0.25) is 0 Å². The summed E-state index contributed by atoms with van der Waals surface area (Å²) in [6, 6.07) is 4.83. The van der Waals surface area contributed by atoms with E-state index < -0.39 is 11.7 Å². The molecule has 0 aliphatic heterocycles. The highest BCUT2D eigenvalue weighted by Crippen LogP contribution is 2.31. The first-order chi connectivity index (χ1) is 10.4. The maximum atomic E-state index is 12.6. The molecule has 0 spiro atoms. The van der Waals surface area contributed by atoms with Crippen LogP contribution in [0.3, 0.4) is 0 Å². The molecular formula is C14H17ClF3N3O2. The number of alkyl halides is 3. The minimum Gasteiger partial charge on any atom is -0.484 e. The highest BCUT2D eigenvalue weighted by Gasteiger charge is 2.30. The lowest BCUT2D eigenvalue weighted by atomic mass is 10.2. The van der Waals surface area contributed by atoms with Gasteiger partial charge in [-0.25, -0.2) is 0 Å². The maximum absolute atomic E-state index is 12.6. The van der Waals surface area contributed by atoms with Crippen molar-refractivity contribution in [2.24, 2.45) is 0 Å². The molecule has 0 amide bonds. The van der Waals surface area contributed by atoms with Crippen molar-refractivity contribution in [2.75, 3.05) is 7.05 Å². The van der Waals surface area contributed by atoms with Crippen molar-refractivity contribution in [1.29, 1.82) is 0 Å². The molecule has 128 valence electrons. The molecule has 1 atom stereocenters. The Morgan fingerprint density at radius 3 is 2.74 bits per heavy atom. The number of nitrogens with zero attached hydrogens (tertiary/aromatic N) is 2. The molecule has 1 heterocycles. The summed E-state index contributed by atoms with van der Waals surface area (Å²) in [4.78, 5) is 4.12. The Morgan fingerprint density at radius 1 is 1.35 bits per heavy atom. The van der Waals surface area contributed by atoms with Crippen molar-refractivity contribution in [3.8, 4) is 5.75 Å². The first kappa shape index (κ1) is 19.2. The highest BCUT2D eigenvalue weighted by molar-refractivity contribution is 5.85. The Balaban J connectivity index is 0.00000264. The summed E-state index contributed by atoms with van der Waals surface area (Å²) in [6.07, 6.45) is -3.82. The number of ether oxygens (including phenoxy) is 1. The van der Waals surface area contributed by atoms with Crippen molar-refractivity contribution in [2.45, 2.75) is 32.2 Å². The standard InChI is InChI=1S/C14H16F3N3O2.ClH/c1-9(18-2)6-12-19-13(22-20-12)8-21-11-5-3-4-10(7-11)14(15,16)17;/h3-5,7,9,18H,6,8H2,1-2H3;1H. The third kappa shape index (κ3) is 5.72. The van der Waals surface area contributed by atoms with E-state index in [0.29, 0.717) is 12.2 Å². The average molecular weight is 352 g/mol. The van der Waals surface area contributed by atoms with Gasteiger partial charge < -0.3 is 14.6 Å². The molecule has 1 aromatic heterocycles. The fourth-order valence-electron chi connectivity index (χ4n) is 1.71. The normalized spacial score (nSPS) is 12.6. The molecule has 0 bridgehead atoms. The summed E-state index contributed by atoms with van der Waals surface area (Å²) in [7, 11) is 1.82. The molecule has 1 N–H and O–H groups in total. The van der Waals surface area contributed by atoms with Crippen LogP contribution in [0.15, 0.2) is 28.8 Å². The number of benzene rings is 1. The van der Waals surface area contributed by atoms with E-state index in [1.807, 2.05) is 14.0 Å². The third-order valence-corrected chi connectivity index (χ3v) is 3.02. The largest absolute Gasteiger partial charge is 0.484 e. The van der Waals surface area contributed by atoms with E-state index in [0.717, 1.165) is 12.1 Å². The van der Waals surface area contributed by atoms with Gasteiger partial charge >= 0.3 is 6.18 Å². The van der Waals surface area contributed by atoms with Crippen LogP contribution in [0.2, 0.25) is 0 Å². The second kappa shape index (κ2) is 8.16. The molecule has 0 saturated heterocycles. The second-order valence-electron chi connectivity index (χ2n) is 4.81. The monoisotopic (exact) mass is 351 g/mol. The zero-order valence-electron chi connectivity index (χ0n) is 12.6. The van der Waals surface area contributed by atoms with Gasteiger partial charge in [-0.2, -0.15) is 18.2 Å². The smallest absolute Gasteiger partial charge is 0.416 e. The van der Waals surface area contributed by atoms with E-state index in [-0.39, 0.29) is 36.7 Å². The summed E-state index contributed by atoms with van der Waals surface area (Å²) in [5, 5.41) is 6.83. The molecule has 1 unspecified atom stereocenters. The number of nitrogens with one attached hydrogen (secondary N) is 1. The quantitative estimate of drug-likeness (QED) is 0.865. The van der Waals surface area contributed by atoms with E-state index in [2.05, 4.69) is 15.5 Å². The van der Waals surface area contributed by atoms with E-state index in [1.165, 1.54) is 12.1 Å². The molecule has 9 heteroatoms. The Morgan fingerprint density at radius 2 is 2.09 bits per heavy atom. The van der Waals surface area contributed by atoms with E-state index >= 15 is 0 Å². The molecule has 23 heavy (non-hydrogen) atoms. The second-order valence-corrected chi connectivity index (χ2v) is 4.81. The van der Waals surface area contributed by atoms with Gasteiger partial charge in [0.15, 0.2) is 12.4 Å². The van der Waals surface area contributed by atoms with E-state index in [9.17, 15) is 13.2 Å². The average Bonchev–Trinajstić information content (AvgIpc) is 2.92. The summed E-state index contributed by atoms with van der Waals surface area (Å²) >= 11 is 0. The number of halogens is 4. The molecule has 0 aliphatic carbocycles. The van der Waals surface area contributed by atoms with Crippen LogP contribution in [0.4, 0.5) is 13.2 Å². The SMILES string of the molecule is CNC(C)Cc1noc(COc2cccc(C(F)(F)F)c2)n1.Cl. The van der Waals surface area contributed by atoms with Gasteiger partial charge in [-0.3, -0.25) is 0 Å². The Hall–Kier alpha value is -1.80. The minimum atomic E-state index is -4.40. The van der Waals surface area contributed by atoms with Crippen LogP contribution in [0.25, 0.3) is 0 Å². The summed E-state index contributed by atoms with van der Waals surface area (Å²) in [6.45, 7) is 1.89. The first-order valence-electron chi connectivity index (χ1n) is 6.67. The minimum absolute atomic E-state index is 0. The molecule has 5 nitrogen and oxygen atoms in total. The van der Waals surface area contributed by atoms with Gasteiger partial charge in [0.1, 0.15) is 5.75 Å². The predicted octanol–water partition coefficient (Wildman–Crippen LogP) is 3.24. The lowest BCUT2D eigenvalue weighted by Gasteiger charge is -2.08. The number of hydrogen-bond donors (Lipinski definition) is 1. The Labute approximate surface area is 137 Å². The van der Waals surface area contributed by atoms with Crippen molar-refractivity contribution in [1.82, 2.24) is 15.5 Å². The van der Waals surface area contributed by atoms with Crippen LogP contribution in [0.1, 0.15) is 24.2 Å². The number of hydrogen-bond acceptors (Lipinski definition) is 5. The number of rotatable bonds is 6. The zero-order chi connectivity index (χ0) is 16.2. The summed E-state index contributed by atoms with van der Waals surface area (Å²) in [5.41, 5.74) is -0.765. The zero-order valence-corrected chi connectivity index (χ0v) is 13.4. The highest BCUT2D eigenvalue weighted by atomic mass is 35.5. The fourth-order valence-corrected chi connectivity index (χ4v) is 1.71. The van der Waals surface area contributed by atoms with Gasteiger partial charge in [0.05, 0.1) is 5.56 Å². The lowest BCUT2D eigenvalue weighted by molar-refractivity contribution is -0.137. The molecular weight excluding hydrogens is 335 g/mol. The number of likely N-dealkylation sites (N-methyl/N-ethyl adjacent to an activating group) is 1. The van der Waals surface area contributed by atoms with Gasteiger partial charge in [0, 0.05) is 12.5 Å². The van der Waals surface area contributed by atoms with E-state index in [1.54, 1.807) is 0 Å². The predicted molar refractivity (Wildman–Crippen MR) is 79.5 cm³/mol. The van der Waals surface area contributed by atoms with E-state index in [4.69, 9.17) is 9.26 Å². The van der Waals surface area contributed by atoms with Crippen LogP contribution in [0, 0.1) is 0 Å². The van der Waals surface area contributed by atoms with Crippen molar-refractivity contribution in [3.05, 3.63) is 41.5 Å². The third-order valence-electron chi connectivity index (χ3n) is 3.02. The summed E-state index contributed by atoms with van der Waals surface area (Å²) in [5.74, 6) is 0.832. The number of aromatic nitrogens is 2. The molecule has 1 aromatic carbocycles. The van der Waals surface area contributed by atoms with Crippen LogP contribution in [-0.4, -0.2) is 23.2 Å². The van der Waals surface area contributed by atoms with Crippen LogP contribution in [0.5, 0.6) is 5.75 Å². The molecule has 2 aromatic rings.